The van der Waals surface area contributed by atoms with Crippen molar-refractivity contribution in [2.75, 3.05) is 17.8 Å². The number of pyridine rings is 1. The van der Waals surface area contributed by atoms with Crippen LogP contribution < -0.4 is 9.64 Å². The van der Waals surface area contributed by atoms with Gasteiger partial charge in [0.05, 0.1) is 29.6 Å². The molecular weight excluding hydrogens is 438 g/mol. The number of thiazole rings is 1. The topological polar surface area (TPSA) is 55.3 Å². The van der Waals surface area contributed by atoms with Crippen molar-refractivity contribution >= 4 is 44.4 Å². The summed E-state index contributed by atoms with van der Waals surface area (Å²) in [6.45, 7) is 2.49. The van der Waals surface area contributed by atoms with E-state index in [1.165, 1.54) is 21.8 Å². The summed E-state index contributed by atoms with van der Waals surface area (Å²) in [5.41, 5.74) is 2.95. The van der Waals surface area contributed by atoms with Gasteiger partial charge in [-0.3, -0.25) is 14.7 Å². The van der Waals surface area contributed by atoms with Crippen LogP contribution >= 0.6 is 23.1 Å². The Morgan fingerprint density at radius 2 is 1.97 bits per heavy atom. The number of rotatable bonds is 9. The molecule has 2 aromatic heterocycles. The lowest BCUT2D eigenvalue weighted by Gasteiger charge is -2.19. The molecule has 32 heavy (non-hydrogen) atoms. The lowest BCUT2D eigenvalue weighted by molar-refractivity contribution is -0.118. The van der Waals surface area contributed by atoms with Gasteiger partial charge in [-0.15, -0.1) is 11.8 Å². The molecule has 0 aliphatic rings. The summed E-state index contributed by atoms with van der Waals surface area (Å²) in [7, 11) is 1.65. The fourth-order valence-corrected chi connectivity index (χ4v) is 5.10. The lowest BCUT2D eigenvalue weighted by Crippen LogP contribution is -2.30. The third-order valence-electron chi connectivity index (χ3n) is 4.99. The quantitative estimate of drug-likeness (QED) is 0.221. The van der Waals surface area contributed by atoms with Crippen LogP contribution in [0.15, 0.2) is 71.8 Å². The minimum absolute atomic E-state index is 0.0613. The van der Waals surface area contributed by atoms with E-state index in [1.54, 1.807) is 30.0 Å². The van der Waals surface area contributed by atoms with E-state index in [0.717, 1.165) is 33.8 Å². The van der Waals surface area contributed by atoms with Crippen LogP contribution in [0.3, 0.4) is 0 Å². The van der Waals surface area contributed by atoms with E-state index in [9.17, 15) is 4.79 Å². The number of carbonyl (C=O) groups excluding carboxylic acids is 1. The minimum Gasteiger partial charge on any atom is -0.497 e. The van der Waals surface area contributed by atoms with Crippen molar-refractivity contribution in [1.29, 1.82) is 0 Å². The number of aryl methyl sites for hydroxylation is 1. The zero-order valence-corrected chi connectivity index (χ0v) is 19.8. The maximum Gasteiger partial charge on any atom is 0.229 e. The van der Waals surface area contributed by atoms with Gasteiger partial charge in [0.2, 0.25) is 5.91 Å². The van der Waals surface area contributed by atoms with E-state index in [4.69, 9.17) is 9.72 Å². The molecule has 0 aliphatic heterocycles. The average Bonchev–Trinajstić information content (AvgIpc) is 3.25. The summed E-state index contributed by atoms with van der Waals surface area (Å²) in [6, 6.07) is 20.0. The first-order valence-electron chi connectivity index (χ1n) is 10.5. The molecule has 0 radical (unpaired) electrons. The van der Waals surface area contributed by atoms with Crippen LogP contribution in [0.25, 0.3) is 10.2 Å². The second kappa shape index (κ2) is 10.6. The zero-order chi connectivity index (χ0) is 22.3. The van der Waals surface area contributed by atoms with Crippen LogP contribution in [-0.4, -0.2) is 28.7 Å². The van der Waals surface area contributed by atoms with Crippen LogP contribution in [0.1, 0.15) is 24.1 Å². The molecule has 2 heterocycles. The first kappa shape index (κ1) is 22.3. The molecule has 1 amide bonds. The Balaban J connectivity index is 1.47. The molecule has 0 unspecified atom stereocenters. The van der Waals surface area contributed by atoms with E-state index >= 15 is 0 Å². The van der Waals surface area contributed by atoms with E-state index in [0.29, 0.717) is 18.1 Å². The van der Waals surface area contributed by atoms with Crippen molar-refractivity contribution in [2.24, 2.45) is 0 Å². The third kappa shape index (κ3) is 5.66. The number of benzene rings is 2. The Bertz CT molecular complexity index is 1180. The molecule has 0 N–H and O–H groups in total. The SMILES string of the molecule is COc1ccc2nc(N(Cc3ccccn3)C(=O)CCCSc3ccc(C)cc3)sc2c1. The predicted octanol–water partition coefficient (Wildman–Crippen LogP) is 6.11. The summed E-state index contributed by atoms with van der Waals surface area (Å²) in [4.78, 5) is 25.4. The molecule has 0 aliphatic carbocycles. The molecule has 7 heteroatoms. The molecule has 164 valence electrons. The fraction of sp³-hybridized carbons (Fsp3) is 0.240. The van der Waals surface area contributed by atoms with Crippen molar-refractivity contribution in [3.63, 3.8) is 0 Å². The molecule has 4 aromatic rings. The number of hydrogen-bond donors (Lipinski definition) is 0. The number of carbonyl (C=O) groups is 1. The van der Waals surface area contributed by atoms with Crippen molar-refractivity contribution in [3.8, 4) is 5.75 Å². The highest BCUT2D eigenvalue weighted by molar-refractivity contribution is 7.99. The van der Waals surface area contributed by atoms with Crippen molar-refractivity contribution in [3.05, 3.63) is 78.1 Å². The van der Waals surface area contributed by atoms with Crippen molar-refractivity contribution in [1.82, 2.24) is 9.97 Å². The van der Waals surface area contributed by atoms with Gasteiger partial charge >= 0.3 is 0 Å². The third-order valence-corrected chi connectivity index (χ3v) is 7.13. The van der Waals surface area contributed by atoms with Crippen molar-refractivity contribution in [2.45, 2.75) is 31.2 Å². The van der Waals surface area contributed by atoms with Crippen LogP contribution in [-0.2, 0) is 11.3 Å². The molecule has 0 saturated heterocycles. The molecule has 0 spiro atoms. The maximum atomic E-state index is 13.2. The van der Waals surface area contributed by atoms with Gasteiger partial charge in [-0.25, -0.2) is 4.98 Å². The van der Waals surface area contributed by atoms with E-state index in [1.807, 2.05) is 36.4 Å². The lowest BCUT2D eigenvalue weighted by atomic mass is 10.2. The molecule has 2 aromatic carbocycles. The summed E-state index contributed by atoms with van der Waals surface area (Å²) >= 11 is 3.28. The number of hydrogen-bond acceptors (Lipinski definition) is 6. The van der Waals surface area contributed by atoms with Crippen molar-refractivity contribution < 1.29 is 9.53 Å². The Kier molecular flexibility index (Phi) is 7.39. The molecule has 0 bridgehead atoms. The molecule has 0 saturated carbocycles. The number of methoxy groups -OCH3 is 1. The summed E-state index contributed by atoms with van der Waals surface area (Å²) < 4.78 is 6.32. The number of anilines is 1. The van der Waals surface area contributed by atoms with Gasteiger partial charge in [0, 0.05) is 17.5 Å². The standard InChI is InChI=1S/C25H25N3O2S2/c1-18-8-11-21(12-9-18)31-15-5-7-24(29)28(17-19-6-3-4-14-26-19)25-27-22-13-10-20(30-2)16-23(22)32-25/h3-4,6,8-14,16H,5,7,15,17H2,1-2H3. The van der Waals surface area contributed by atoms with Crippen LogP contribution in [0.2, 0.25) is 0 Å². The Morgan fingerprint density at radius 1 is 1.12 bits per heavy atom. The molecular formula is C25H25N3O2S2. The number of fused-ring (bicyclic) bond motifs is 1. The van der Waals surface area contributed by atoms with Crippen LogP contribution in [0.4, 0.5) is 5.13 Å². The van der Waals surface area contributed by atoms with E-state index < -0.39 is 0 Å². The number of nitrogens with zero attached hydrogens (tertiary/aromatic N) is 3. The van der Waals surface area contributed by atoms with Gasteiger partial charge in [0.1, 0.15) is 5.75 Å². The molecule has 0 fully saturated rings. The first-order chi connectivity index (χ1) is 15.6. The second-order valence-electron chi connectivity index (χ2n) is 7.40. The zero-order valence-electron chi connectivity index (χ0n) is 18.2. The largest absolute Gasteiger partial charge is 0.497 e. The number of aromatic nitrogens is 2. The summed E-state index contributed by atoms with van der Waals surface area (Å²) in [6.07, 6.45) is 3.01. The smallest absolute Gasteiger partial charge is 0.229 e. The monoisotopic (exact) mass is 463 g/mol. The second-order valence-corrected chi connectivity index (χ2v) is 9.57. The number of ether oxygens (including phenoxy) is 1. The Morgan fingerprint density at radius 3 is 2.72 bits per heavy atom. The fourth-order valence-electron chi connectivity index (χ4n) is 3.23. The summed E-state index contributed by atoms with van der Waals surface area (Å²) in [5, 5.41) is 0.690. The van der Waals surface area contributed by atoms with E-state index in [2.05, 4.69) is 36.2 Å². The van der Waals surface area contributed by atoms with Gasteiger partial charge in [-0.2, -0.15) is 0 Å². The maximum absolute atomic E-state index is 13.2. The normalized spacial score (nSPS) is 10.9. The minimum atomic E-state index is 0.0613. The van der Waals surface area contributed by atoms with Crippen LogP contribution in [0.5, 0.6) is 5.75 Å². The van der Waals surface area contributed by atoms with Gasteiger partial charge < -0.3 is 4.74 Å². The Hall–Kier alpha value is -2.90. The van der Waals surface area contributed by atoms with Crippen LogP contribution in [0, 0.1) is 6.92 Å². The van der Waals surface area contributed by atoms with Gasteiger partial charge in [0.15, 0.2) is 5.13 Å². The molecule has 4 rings (SSSR count). The number of amides is 1. The van der Waals surface area contributed by atoms with Gasteiger partial charge in [-0.05, 0) is 61.6 Å². The average molecular weight is 464 g/mol. The molecule has 0 atom stereocenters. The van der Waals surface area contributed by atoms with Gasteiger partial charge in [-0.1, -0.05) is 35.1 Å². The first-order valence-corrected chi connectivity index (χ1v) is 12.3. The highest BCUT2D eigenvalue weighted by Crippen LogP contribution is 2.32. The highest BCUT2D eigenvalue weighted by Gasteiger charge is 2.20. The van der Waals surface area contributed by atoms with Gasteiger partial charge in [0.25, 0.3) is 0 Å². The number of thioether (sulfide) groups is 1. The predicted molar refractivity (Wildman–Crippen MR) is 133 cm³/mol. The summed E-state index contributed by atoms with van der Waals surface area (Å²) in [5.74, 6) is 1.73. The van der Waals surface area contributed by atoms with E-state index in [-0.39, 0.29) is 5.91 Å². The molecule has 5 nitrogen and oxygen atoms in total. The Labute approximate surface area is 196 Å². The highest BCUT2D eigenvalue weighted by atomic mass is 32.2.